The number of allylic oxidation sites excluding steroid dienone is 4. The fourth-order valence-electron chi connectivity index (χ4n) is 2.67. The fourth-order valence-corrected chi connectivity index (χ4v) is 4.00. The van der Waals surface area contributed by atoms with E-state index in [0.29, 0.717) is 16.9 Å². The summed E-state index contributed by atoms with van der Waals surface area (Å²) in [6.45, 7) is 11.1. The summed E-state index contributed by atoms with van der Waals surface area (Å²) in [7, 11) is -3.43. The predicted octanol–water partition coefficient (Wildman–Crippen LogP) is 5.38. The number of carbonyl (C=O) groups is 1. The molecule has 0 bridgehead atoms. The van der Waals surface area contributed by atoms with E-state index in [1.807, 2.05) is 45.9 Å². The van der Waals surface area contributed by atoms with Gasteiger partial charge >= 0.3 is 0 Å². The Bertz CT molecular complexity index is 920. The number of hydrogen-bond donors (Lipinski definition) is 0. The molecule has 27 heavy (non-hydrogen) atoms. The standard InChI is InChI=1S/C19H21ClO4S.C2H6/c1-6-8-12(7-2)16-17(24-19(3,4)18(16)21)13-9-10-15(14(20)11-13)25(5,22)23;1-2/h6-11H,1-5H3;1-2H3/b8-6-,12-7+;. The Morgan fingerprint density at radius 2 is 1.78 bits per heavy atom. The van der Waals surface area contributed by atoms with Crippen LogP contribution in [0.15, 0.2) is 52.5 Å². The van der Waals surface area contributed by atoms with E-state index < -0.39 is 15.4 Å². The van der Waals surface area contributed by atoms with Crippen molar-refractivity contribution in [3.8, 4) is 0 Å². The highest BCUT2D eigenvalue weighted by Gasteiger charge is 2.43. The lowest BCUT2D eigenvalue weighted by Gasteiger charge is -2.18. The molecule has 1 aromatic rings. The van der Waals surface area contributed by atoms with Gasteiger partial charge in [0.1, 0.15) is 5.76 Å². The van der Waals surface area contributed by atoms with Gasteiger partial charge in [-0.3, -0.25) is 4.79 Å². The van der Waals surface area contributed by atoms with Gasteiger partial charge in [0.2, 0.25) is 5.78 Å². The highest BCUT2D eigenvalue weighted by Crippen LogP contribution is 2.41. The molecule has 2 rings (SSSR count). The van der Waals surface area contributed by atoms with Crippen LogP contribution in [0.3, 0.4) is 0 Å². The zero-order valence-electron chi connectivity index (χ0n) is 16.9. The Morgan fingerprint density at radius 1 is 1.19 bits per heavy atom. The van der Waals surface area contributed by atoms with Gasteiger partial charge in [0.05, 0.1) is 15.5 Å². The van der Waals surface area contributed by atoms with Gasteiger partial charge in [0.25, 0.3) is 0 Å². The Labute approximate surface area is 167 Å². The Balaban J connectivity index is 0.00000176. The summed E-state index contributed by atoms with van der Waals surface area (Å²) in [5.41, 5.74) is 0.781. The Kier molecular flexibility index (Phi) is 7.64. The molecule has 0 aromatic heterocycles. The van der Waals surface area contributed by atoms with Gasteiger partial charge in [0, 0.05) is 11.8 Å². The topological polar surface area (TPSA) is 60.4 Å². The van der Waals surface area contributed by atoms with E-state index in [9.17, 15) is 13.2 Å². The van der Waals surface area contributed by atoms with Gasteiger partial charge in [-0.15, -0.1) is 0 Å². The third kappa shape index (κ3) is 4.90. The first-order valence-electron chi connectivity index (χ1n) is 8.80. The molecule has 4 nitrogen and oxygen atoms in total. The summed E-state index contributed by atoms with van der Waals surface area (Å²) < 4.78 is 29.4. The maximum absolute atomic E-state index is 12.8. The van der Waals surface area contributed by atoms with Crippen LogP contribution in [0.1, 0.15) is 47.1 Å². The maximum atomic E-state index is 12.8. The van der Waals surface area contributed by atoms with Crippen molar-refractivity contribution in [1.82, 2.24) is 0 Å². The average Bonchev–Trinajstić information content (AvgIpc) is 2.83. The lowest BCUT2D eigenvalue weighted by molar-refractivity contribution is -0.126. The summed E-state index contributed by atoms with van der Waals surface area (Å²) in [5.74, 6) is 0.278. The van der Waals surface area contributed by atoms with Crippen LogP contribution in [0, 0.1) is 0 Å². The van der Waals surface area contributed by atoms with Crippen LogP contribution in [0.25, 0.3) is 5.76 Å². The molecular formula is C21H27ClO4S. The monoisotopic (exact) mass is 410 g/mol. The van der Waals surface area contributed by atoms with Crippen LogP contribution in [-0.4, -0.2) is 26.1 Å². The van der Waals surface area contributed by atoms with Crippen molar-refractivity contribution in [3.63, 3.8) is 0 Å². The van der Waals surface area contributed by atoms with Gasteiger partial charge in [-0.25, -0.2) is 8.42 Å². The van der Waals surface area contributed by atoms with Crippen molar-refractivity contribution in [2.45, 2.75) is 52.0 Å². The predicted molar refractivity (Wildman–Crippen MR) is 112 cm³/mol. The SMILES string of the molecule is C/C=C\C(=C/C)C1=C(c2ccc(S(C)(=O)=O)c(Cl)c2)OC(C)(C)C1=O.CC. The average molecular weight is 411 g/mol. The molecule has 0 unspecified atom stereocenters. The smallest absolute Gasteiger partial charge is 0.210 e. The van der Waals surface area contributed by atoms with Crippen molar-refractivity contribution in [1.29, 1.82) is 0 Å². The molecule has 1 aliphatic rings. The number of rotatable bonds is 4. The van der Waals surface area contributed by atoms with Crippen molar-refractivity contribution >= 4 is 33.0 Å². The molecule has 0 radical (unpaired) electrons. The minimum absolute atomic E-state index is 0.0448. The van der Waals surface area contributed by atoms with Crippen LogP contribution in [-0.2, 0) is 19.4 Å². The number of benzene rings is 1. The van der Waals surface area contributed by atoms with Crippen LogP contribution in [0.5, 0.6) is 0 Å². The summed E-state index contributed by atoms with van der Waals surface area (Å²) >= 11 is 6.15. The number of carbonyl (C=O) groups excluding carboxylic acids is 1. The van der Waals surface area contributed by atoms with E-state index in [0.717, 1.165) is 11.8 Å². The highest BCUT2D eigenvalue weighted by atomic mass is 35.5. The number of sulfone groups is 1. The third-order valence-electron chi connectivity index (χ3n) is 3.90. The summed E-state index contributed by atoms with van der Waals surface area (Å²) in [4.78, 5) is 12.9. The number of ketones is 1. The van der Waals surface area contributed by atoms with E-state index in [4.69, 9.17) is 16.3 Å². The molecule has 1 aliphatic heterocycles. The fraction of sp³-hybridized carbons (Fsp3) is 0.381. The normalized spacial score (nSPS) is 17.0. The van der Waals surface area contributed by atoms with Crippen molar-refractivity contribution in [2.75, 3.05) is 6.26 Å². The summed E-state index contributed by atoms with van der Waals surface area (Å²) in [6.07, 6.45) is 6.62. The molecule has 0 N–H and O–H groups in total. The van der Waals surface area contributed by atoms with Gasteiger partial charge in [-0.1, -0.05) is 43.7 Å². The second-order valence-corrected chi connectivity index (χ2v) is 8.70. The Morgan fingerprint density at radius 3 is 2.22 bits per heavy atom. The molecule has 148 valence electrons. The molecule has 0 amide bonds. The summed E-state index contributed by atoms with van der Waals surface area (Å²) in [6, 6.07) is 4.56. The minimum Gasteiger partial charge on any atom is -0.478 e. The second kappa shape index (κ2) is 8.89. The van der Waals surface area contributed by atoms with Crippen LogP contribution in [0.2, 0.25) is 5.02 Å². The second-order valence-electron chi connectivity index (χ2n) is 6.31. The molecule has 1 aromatic carbocycles. The molecule has 0 atom stereocenters. The van der Waals surface area contributed by atoms with Gasteiger partial charge in [-0.2, -0.15) is 0 Å². The van der Waals surface area contributed by atoms with Crippen molar-refractivity contribution in [3.05, 3.63) is 58.2 Å². The number of Topliss-reactive ketones (excluding diaryl/α,β-unsaturated/α-hetero) is 1. The molecule has 0 fully saturated rings. The number of ether oxygens (including phenoxy) is 1. The van der Waals surface area contributed by atoms with Crippen molar-refractivity contribution < 1.29 is 17.9 Å². The van der Waals surface area contributed by atoms with E-state index in [1.54, 1.807) is 19.9 Å². The van der Waals surface area contributed by atoms with E-state index in [1.165, 1.54) is 12.1 Å². The molecule has 6 heteroatoms. The zero-order chi connectivity index (χ0) is 21.0. The van der Waals surface area contributed by atoms with Crippen molar-refractivity contribution in [2.24, 2.45) is 0 Å². The van der Waals surface area contributed by atoms with Crippen LogP contribution >= 0.6 is 11.6 Å². The first-order chi connectivity index (χ1) is 12.5. The van der Waals surface area contributed by atoms with E-state index >= 15 is 0 Å². The third-order valence-corrected chi connectivity index (χ3v) is 5.48. The molecular weight excluding hydrogens is 384 g/mol. The minimum atomic E-state index is -3.43. The lowest BCUT2D eigenvalue weighted by atomic mass is 9.92. The largest absolute Gasteiger partial charge is 0.478 e. The zero-order valence-corrected chi connectivity index (χ0v) is 18.5. The summed E-state index contributed by atoms with van der Waals surface area (Å²) in [5, 5.41) is 0.0978. The molecule has 0 saturated heterocycles. The molecule has 1 heterocycles. The highest BCUT2D eigenvalue weighted by molar-refractivity contribution is 7.90. The Hall–Kier alpha value is -1.85. The van der Waals surface area contributed by atoms with Gasteiger partial charge < -0.3 is 4.74 Å². The van der Waals surface area contributed by atoms with Gasteiger partial charge in [-0.05, 0) is 51.5 Å². The maximum Gasteiger partial charge on any atom is 0.210 e. The first kappa shape index (κ1) is 23.2. The number of halogens is 1. The quantitative estimate of drug-likeness (QED) is 0.625. The first-order valence-corrected chi connectivity index (χ1v) is 11.1. The van der Waals surface area contributed by atoms with E-state index in [2.05, 4.69) is 0 Å². The van der Waals surface area contributed by atoms with E-state index in [-0.39, 0.29) is 15.7 Å². The van der Waals surface area contributed by atoms with Gasteiger partial charge in [0.15, 0.2) is 15.4 Å². The molecule has 0 saturated carbocycles. The van der Waals surface area contributed by atoms with Crippen LogP contribution in [0.4, 0.5) is 0 Å². The molecule has 0 spiro atoms. The lowest BCUT2D eigenvalue weighted by Crippen LogP contribution is -2.29. The molecule has 0 aliphatic carbocycles. The number of hydrogen-bond acceptors (Lipinski definition) is 4. The van der Waals surface area contributed by atoms with Crippen LogP contribution < -0.4 is 0 Å².